The number of para-hydroxylation sites is 3. The molecule has 0 atom stereocenters. The summed E-state index contributed by atoms with van der Waals surface area (Å²) >= 11 is 0. The lowest BCUT2D eigenvalue weighted by atomic mass is 9.92. The van der Waals surface area contributed by atoms with Crippen LogP contribution < -0.4 is 9.80 Å². The molecule has 52 heavy (non-hydrogen) atoms. The summed E-state index contributed by atoms with van der Waals surface area (Å²) in [4.78, 5) is 4.75. The Labute approximate surface area is 305 Å². The van der Waals surface area contributed by atoms with E-state index in [1.165, 1.54) is 38.2 Å². The molecular formula is C50H36N2. The second kappa shape index (κ2) is 13.8. The third-order valence-electron chi connectivity index (χ3n) is 9.75. The standard InChI is InChI=1S/C50H36N2/c1-5-18-37(19-6-1)38-21-17-28-44(32-38)52(43-26-11-4-12-27-43)46-34-40(50-35-39-20-13-14-29-47(39)48-30-15-16-31-49(48)50)33-45(36-46)51(41-22-7-2-8-23-41)42-24-9-3-10-25-42/h1-36H. The number of anilines is 6. The van der Waals surface area contributed by atoms with E-state index in [0.29, 0.717) is 0 Å². The zero-order valence-corrected chi connectivity index (χ0v) is 28.7. The Kier molecular flexibility index (Phi) is 8.24. The molecule has 0 spiro atoms. The molecule has 0 bridgehead atoms. The highest BCUT2D eigenvalue weighted by Gasteiger charge is 2.20. The van der Waals surface area contributed by atoms with Crippen molar-refractivity contribution >= 4 is 55.7 Å². The highest BCUT2D eigenvalue weighted by molar-refractivity contribution is 6.14. The third-order valence-corrected chi connectivity index (χ3v) is 9.75. The van der Waals surface area contributed by atoms with Crippen molar-refractivity contribution in [2.24, 2.45) is 0 Å². The van der Waals surface area contributed by atoms with Crippen LogP contribution in [0.1, 0.15) is 0 Å². The number of rotatable bonds is 8. The minimum atomic E-state index is 1.07. The molecule has 0 radical (unpaired) electrons. The SMILES string of the molecule is c1ccc(-c2cccc(N(c3ccccc3)c3cc(-c4cc5ccccc5c5ccccc45)cc(N(c4ccccc4)c4ccccc4)c3)c2)cc1. The Balaban J connectivity index is 1.34. The van der Waals surface area contributed by atoms with Crippen molar-refractivity contribution < 1.29 is 0 Å². The Morgan fingerprint density at radius 3 is 1.25 bits per heavy atom. The summed E-state index contributed by atoms with van der Waals surface area (Å²) < 4.78 is 0. The van der Waals surface area contributed by atoms with Gasteiger partial charge in [-0.15, -0.1) is 0 Å². The molecule has 0 saturated carbocycles. The number of hydrogen-bond acceptors (Lipinski definition) is 2. The van der Waals surface area contributed by atoms with Crippen molar-refractivity contribution in [3.8, 4) is 22.3 Å². The average Bonchev–Trinajstić information content (AvgIpc) is 3.22. The van der Waals surface area contributed by atoms with E-state index in [0.717, 1.165) is 39.7 Å². The molecule has 2 heteroatoms. The van der Waals surface area contributed by atoms with Crippen LogP contribution in [0.25, 0.3) is 43.8 Å². The van der Waals surface area contributed by atoms with Crippen molar-refractivity contribution in [1.29, 1.82) is 0 Å². The maximum absolute atomic E-state index is 2.39. The fraction of sp³-hybridized carbons (Fsp3) is 0. The van der Waals surface area contributed by atoms with E-state index in [-0.39, 0.29) is 0 Å². The predicted molar refractivity (Wildman–Crippen MR) is 222 cm³/mol. The van der Waals surface area contributed by atoms with Gasteiger partial charge in [0.15, 0.2) is 0 Å². The van der Waals surface area contributed by atoms with Gasteiger partial charge in [-0.3, -0.25) is 0 Å². The van der Waals surface area contributed by atoms with Gasteiger partial charge in [0.1, 0.15) is 0 Å². The molecule has 9 rings (SSSR count). The zero-order valence-electron chi connectivity index (χ0n) is 28.7. The van der Waals surface area contributed by atoms with Gasteiger partial charge >= 0.3 is 0 Å². The van der Waals surface area contributed by atoms with Crippen LogP contribution >= 0.6 is 0 Å². The van der Waals surface area contributed by atoms with E-state index < -0.39 is 0 Å². The molecule has 2 nitrogen and oxygen atoms in total. The van der Waals surface area contributed by atoms with Gasteiger partial charge in [0, 0.05) is 34.1 Å². The third kappa shape index (κ3) is 5.97. The smallest absolute Gasteiger partial charge is 0.0488 e. The number of nitrogens with zero attached hydrogens (tertiary/aromatic N) is 2. The monoisotopic (exact) mass is 664 g/mol. The molecule has 0 aromatic heterocycles. The maximum Gasteiger partial charge on any atom is 0.0488 e. The fourth-order valence-corrected chi connectivity index (χ4v) is 7.38. The topological polar surface area (TPSA) is 6.48 Å². The summed E-state index contributed by atoms with van der Waals surface area (Å²) in [5.41, 5.74) is 11.2. The normalized spacial score (nSPS) is 11.1. The highest BCUT2D eigenvalue weighted by atomic mass is 15.2. The van der Waals surface area contributed by atoms with Crippen molar-refractivity contribution in [1.82, 2.24) is 0 Å². The first-order chi connectivity index (χ1) is 25.8. The van der Waals surface area contributed by atoms with Crippen molar-refractivity contribution in [3.63, 3.8) is 0 Å². The lowest BCUT2D eigenvalue weighted by molar-refractivity contribution is 1.25. The van der Waals surface area contributed by atoms with Gasteiger partial charge in [-0.1, -0.05) is 146 Å². The van der Waals surface area contributed by atoms with Crippen LogP contribution in [0.5, 0.6) is 0 Å². The number of hydrogen-bond donors (Lipinski definition) is 0. The van der Waals surface area contributed by atoms with Crippen LogP contribution in [0.3, 0.4) is 0 Å². The van der Waals surface area contributed by atoms with Crippen molar-refractivity contribution in [2.75, 3.05) is 9.80 Å². The summed E-state index contributed by atoms with van der Waals surface area (Å²) in [6, 6.07) is 78.4. The van der Waals surface area contributed by atoms with E-state index in [1.807, 2.05) is 0 Å². The molecule has 0 saturated heterocycles. The highest BCUT2D eigenvalue weighted by Crippen LogP contribution is 2.45. The Hall–Kier alpha value is -6.90. The molecule has 0 N–H and O–H groups in total. The van der Waals surface area contributed by atoms with Gasteiger partial charge < -0.3 is 9.80 Å². The van der Waals surface area contributed by atoms with Gasteiger partial charge in [-0.25, -0.2) is 0 Å². The Morgan fingerprint density at radius 2 is 0.654 bits per heavy atom. The molecule has 0 aliphatic heterocycles. The molecule has 0 unspecified atom stereocenters. The van der Waals surface area contributed by atoms with E-state index >= 15 is 0 Å². The lowest BCUT2D eigenvalue weighted by Gasteiger charge is -2.30. The second-order valence-corrected chi connectivity index (χ2v) is 13.0. The zero-order chi connectivity index (χ0) is 34.7. The van der Waals surface area contributed by atoms with Crippen LogP contribution in [0.15, 0.2) is 218 Å². The van der Waals surface area contributed by atoms with Crippen LogP contribution in [0, 0.1) is 0 Å². The molecule has 0 aliphatic carbocycles. The maximum atomic E-state index is 2.39. The van der Waals surface area contributed by atoms with Crippen LogP contribution in [0.2, 0.25) is 0 Å². The minimum absolute atomic E-state index is 1.07. The molecule has 246 valence electrons. The summed E-state index contributed by atoms with van der Waals surface area (Å²) in [7, 11) is 0. The van der Waals surface area contributed by atoms with Crippen LogP contribution in [-0.4, -0.2) is 0 Å². The summed E-state index contributed by atoms with van der Waals surface area (Å²) in [5, 5.41) is 4.97. The first-order valence-electron chi connectivity index (χ1n) is 17.8. The predicted octanol–water partition coefficient (Wildman–Crippen LogP) is 14.3. The second-order valence-electron chi connectivity index (χ2n) is 13.0. The Morgan fingerprint density at radius 1 is 0.231 bits per heavy atom. The minimum Gasteiger partial charge on any atom is -0.310 e. The van der Waals surface area contributed by atoms with Crippen molar-refractivity contribution in [2.45, 2.75) is 0 Å². The summed E-state index contributed by atoms with van der Waals surface area (Å²) in [5.74, 6) is 0. The van der Waals surface area contributed by atoms with Crippen molar-refractivity contribution in [3.05, 3.63) is 218 Å². The van der Waals surface area contributed by atoms with Gasteiger partial charge in [-0.2, -0.15) is 0 Å². The van der Waals surface area contributed by atoms with Gasteiger partial charge in [0.25, 0.3) is 0 Å². The van der Waals surface area contributed by atoms with Gasteiger partial charge in [-0.05, 0) is 117 Å². The average molecular weight is 665 g/mol. The van der Waals surface area contributed by atoms with Gasteiger partial charge in [0.2, 0.25) is 0 Å². The Bertz CT molecular complexity index is 2580. The molecule has 9 aromatic carbocycles. The summed E-state index contributed by atoms with van der Waals surface area (Å²) in [6.45, 7) is 0. The van der Waals surface area contributed by atoms with E-state index in [1.54, 1.807) is 0 Å². The first kappa shape index (κ1) is 31.1. The quantitative estimate of drug-likeness (QED) is 0.149. The molecule has 0 heterocycles. The van der Waals surface area contributed by atoms with E-state index in [4.69, 9.17) is 0 Å². The van der Waals surface area contributed by atoms with Gasteiger partial charge in [0.05, 0.1) is 0 Å². The molecule has 9 aromatic rings. The number of fused-ring (bicyclic) bond motifs is 3. The largest absolute Gasteiger partial charge is 0.310 e. The molecular weight excluding hydrogens is 629 g/mol. The fourth-order valence-electron chi connectivity index (χ4n) is 7.38. The molecule has 0 aliphatic rings. The number of benzene rings is 9. The molecule has 0 fully saturated rings. The van der Waals surface area contributed by atoms with Crippen LogP contribution in [0.4, 0.5) is 34.1 Å². The van der Waals surface area contributed by atoms with Crippen LogP contribution in [-0.2, 0) is 0 Å². The first-order valence-corrected chi connectivity index (χ1v) is 17.8. The van der Waals surface area contributed by atoms with E-state index in [9.17, 15) is 0 Å². The lowest BCUT2D eigenvalue weighted by Crippen LogP contribution is -2.13. The molecule has 0 amide bonds. The van der Waals surface area contributed by atoms with E-state index in [2.05, 4.69) is 228 Å². The summed E-state index contributed by atoms with van der Waals surface area (Å²) in [6.07, 6.45) is 0.